The van der Waals surface area contributed by atoms with Gasteiger partial charge in [-0.3, -0.25) is 0 Å². The summed E-state index contributed by atoms with van der Waals surface area (Å²) >= 11 is 0. The second kappa shape index (κ2) is 6.23. The lowest BCUT2D eigenvalue weighted by atomic mass is 9.94. The Morgan fingerprint density at radius 3 is 2.42 bits per heavy atom. The number of hydrogen-bond acceptors (Lipinski definition) is 5. The number of halogens is 1. The van der Waals surface area contributed by atoms with Crippen molar-refractivity contribution in [1.29, 1.82) is 0 Å². The van der Waals surface area contributed by atoms with E-state index in [1.54, 1.807) is 0 Å². The van der Waals surface area contributed by atoms with Crippen molar-refractivity contribution in [2.45, 2.75) is 18.5 Å². The molecule has 24 heavy (non-hydrogen) atoms. The van der Waals surface area contributed by atoms with Crippen LogP contribution in [0.5, 0.6) is 0 Å². The molecule has 0 atom stereocenters. The van der Waals surface area contributed by atoms with Crippen LogP contribution in [-0.2, 0) is 15.9 Å². The van der Waals surface area contributed by atoms with E-state index in [1.165, 1.54) is 18.4 Å². The number of nitrogens with zero attached hydrogens (tertiary/aromatic N) is 4. The molecule has 0 bridgehead atoms. The van der Waals surface area contributed by atoms with E-state index in [4.69, 9.17) is 4.52 Å². The van der Waals surface area contributed by atoms with Gasteiger partial charge in [-0.15, -0.1) is 0 Å². The van der Waals surface area contributed by atoms with Crippen LogP contribution in [0.3, 0.4) is 0 Å². The SMILES string of the molecule is CN(C)S(=O)(=O)N1CCC(F)(c2nc(-c3ccccc3)no2)CC1. The Hall–Kier alpha value is -1.84. The predicted octanol–water partition coefficient (Wildman–Crippen LogP) is 1.80. The van der Waals surface area contributed by atoms with Gasteiger partial charge in [-0.25, -0.2) is 4.39 Å². The molecule has 0 radical (unpaired) electrons. The van der Waals surface area contributed by atoms with Crippen LogP contribution in [0.25, 0.3) is 11.4 Å². The van der Waals surface area contributed by atoms with Crippen LogP contribution >= 0.6 is 0 Å². The molecule has 130 valence electrons. The quantitative estimate of drug-likeness (QED) is 0.836. The average molecular weight is 354 g/mol. The molecule has 1 saturated heterocycles. The Morgan fingerprint density at radius 1 is 1.21 bits per heavy atom. The first-order chi connectivity index (χ1) is 11.3. The molecule has 2 heterocycles. The van der Waals surface area contributed by atoms with Crippen LogP contribution in [-0.4, -0.2) is 54.4 Å². The molecule has 1 aromatic carbocycles. The van der Waals surface area contributed by atoms with Crippen molar-refractivity contribution in [2.24, 2.45) is 0 Å². The zero-order chi connectivity index (χ0) is 17.4. The summed E-state index contributed by atoms with van der Waals surface area (Å²) < 4.78 is 46.9. The summed E-state index contributed by atoms with van der Waals surface area (Å²) in [5, 5.41) is 3.84. The fourth-order valence-electron chi connectivity index (χ4n) is 2.63. The molecule has 1 aliphatic heterocycles. The third-order valence-electron chi connectivity index (χ3n) is 4.14. The van der Waals surface area contributed by atoms with Gasteiger partial charge in [0.15, 0.2) is 5.67 Å². The predicted molar refractivity (Wildman–Crippen MR) is 85.9 cm³/mol. The first kappa shape index (κ1) is 17.0. The minimum Gasteiger partial charge on any atom is -0.335 e. The number of aromatic nitrogens is 2. The highest BCUT2D eigenvalue weighted by Crippen LogP contribution is 2.37. The van der Waals surface area contributed by atoms with Gasteiger partial charge in [-0.1, -0.05) is 35.5 Å². The molecule has 0 unspecified atom stereocenters. The summed E-state index contributed by atoms with van der Waals surface area (Å²) in [6.45, 7) is 0.139. The molecule has 0 amide bonds. The van der Waals surface area contributed by atoms with Gasteiger partial charge in [-0.2, -0.15) is 22.0 Å². The fourth-order valence-corrected chi connectivity index (χ4v) is 3.73. The van der Waals surface area contributed by atoms with E-state index in [9.17, 15) is 8.42 Å². The third-order valence-corrected chi connectivity index (χ3v) is 6.08. The number of hydrogen-bond donors (Lipinski definition) is 0. The average Bonchev–Trinajstić information content (AvgIpc) is 3.07. The first-order valence-electron chi connectivity index (χ1n) is 7.59. The monoisotopic (exact) mass is 354 g/mol. The Kier molecular flexibility index (Phi) is 4.41. The third kappa shape index (κ3) is 3.06. The maximum atomic E-state index is 15.2. The number of benzene rings is 1. The zero-order valence-electron chi connectivity index (χ0n) is 13.5. The van der Waals surface area contributed by atoms with E-state index >= 15 is 4.39 Å². The molecule has 1 aromatic heterocycles. The molecular formula is C15H19FN4O3S. The largest absolute Gasteiger partial charge is 0.335 e. The van der Waals surface area contributed by atoms with Crippen LogP contribution in [0.4, 0.5) is 4.39 Å². The molecule has 7 nitrogen and oxygen atoms in total. The number of rotatable bonds is 4. The normalized spacial score (nSPS) is 18.8. The second-order valence-corrected chi connectivity index (χ2v) is 8.09. The molecule has 2 aromatic rings. The molecule has 0 spiro atoms. The Balaban J connectivity index is 1.76. The van der Waals surface area contributed by atoms with Gasteiger partial charge < -0.3 is 4.52 Å². The van der Waals surface area contributed by atoms with Crippen molar-refractivity contribution in [3.05, 3.63) is 36.2 Å². The van der Waals surface area contributed by atoms with Crippen LogP contribution in [0, 0.1) is 0 Å². The summed E-state index contributed by atoms with van der Waals surface area (Å²) in [5.74, 6) is 0.231. The van der Waals surface area contributed by atoms with Crippen molar-refractivity contribution in [2.75, 3.05) is 27.2 Å². The van der Waals surface area contributed by atoms with Crippen LogP contribution < -0.4 is 0 Å². The molecule has 3 rings (SSSR count). The highest BCUT2D eigenvalue weighted by atomic mass is 32.2. The van der Waals surface area contributed by atoms with Gasteiger partial charge in [0.2, 0.25) is 5.82 Å². The molecule has 0 aliphatic carbocycles. The maximum absolute atomic E-state index is 15.2. The molecular weight excluding hydrogens is 335 g/mol. The van der Waals surface area contributed by atoms with Crippen LogP contribution in [0.15, 0.2) is 34.9 Å². The molecule has 1 aliphatic rings. The molecule has 0 N–H and O–H groups in total. The van der Waals surface area contributed by atoms with E-state index in [0.29, 0.717) is 5.82 Å². The number of piperidine rings is 1. The van der Waals surface area contributed by atoms with Crippen molar-refractivity contribution in [3.8, 4) is 11.4 Å². The molecule has 0 saturated carbocycles. The Bertz CT molecular complexity index is 799. The van der Waals surface area contributed by atoms with Crippen molar-refractivity contribution in [3.63, 3.8) is 0 Å². The number of alkyl halides is 1. The lowest BCUT2D eigenvalue weighted by Crippen LogP contribution is -2.47. The summed E-state index contributed by atoms with van der Waals surface area (Å²) in [6.07, 6.45) is -0.0347. The fraction of sp³-hybridized carbons (Fsp3) is 0.467. The summed E-state index contributed by atoms with van der Waals surface area (Å²) in [6, 6.07) is 9.15. The first-order valence-corrected chi connectivity index (χ1v) is 8.99. The molecule has 9 heteroatoms. The zero-order valence-corrected chi connectivity index (χ0v) is 14.3. The Morgan fingerprint density at radius 2 is 1.83 bits per heavy atom. The van der Waals surface area contributed by atoms with Crippen LogP contribution in [0.2, 0.25) is 0 Å². The van der Waals surface area contributed by atoms with Gasteiger partial charge in [0, 0.05) is 45.6 Å². The van der Waals surface area contributed by atoms with Crippen molar-refractivity contribution in [1.82, 2.24) is 18.8 Å². The molecule has 1 fully saturated rings. The highest BCUT2D eigenvalue weighted by Gasteiger charge is 2.44. The summed E-state index contributed by atoms with van der Waals surface area (Å²) in [7, 11) is -0.626. The van der Waals surface area contributed by atoms with Gasteiger partial charge in [0.1, 0.15) is 0 Å². The lowest BCUT2D eigenvalue weighted by Gasteiger charge is -2.34. The maximum Gasteiger partial charge on any atom is 0.281 e. The van der Waals surface area contributed by atoms with E-state index in [1.807, 2.05) is 30.3 Å². The van der Waals surface area contributed by atoms with E-state index in [0.717, 1.165) is 9.87 Å². The van der Waals surface area contributed by atoms with Crippen LogP contribution in [0.1, 0.15) is 18.7 Å². The van der Waals surface area contributed by atoms with Crippen molar-refractivity contribution < 1.29 is 17.3 Å². The van der Waals surface area contributed by atoms with E-state index < -0.39 is 15.9 Å². The van der Waals surface area contributed by atoms with Gasteiger partial charge in [0.05, 0.1) is 0 Å². The van der Waals surface area contributed by atoms with Gasteiger partial charge in [0.25, 0.3) is 16.1 Å². The summed E-state index contributed by atoms with van der Waals surface area (Å²) in [5.41, 5.74) is -1.07. The van der Waals surface area contributed by atoms with Gasteiger partial charge >= 0.3 is 0 Å². The van der Waals surface area contributed by atoms with E-state index in [2.05, 4.69) is 10.1 Å². The lowest BCUT2D eigenvalue weighted by molar-refractivity contribution is 0.0499. The van der Waals surface area contributed by atoms with E-state index in [-0.39, 0.29) is 31.8 Å². The second-order valence-electron chi connectivity index (χ2n) is 5.94. The summed E-state index contributed by atoms with van der Waals surface area (Å²) in [4.78, 5) is 4.17. The minimum absolute atomic E-state index is 0.0174. The topological polar surface area (TPSA) is 79.5 Å². The Labute approximate surface area is 140 Å². The highest BCUT2D eigenvalue weighted by molar-refractivity contribution is 7.86. The minimum atomic E-state index is -3.54. The smallest absolute Gasteiger partial charge is 0.281 e. The van der Waals surface area contributed by atoms with Gasteiger partial charge in [-0.05, 0) is 0 Å². The standard InChI is InChI=1S/C15H19FN4O3S/c1-19(2)24(21,22)20-10-8-15(16,9-11-20)14-17-13(18-23-14)12-6-4-3-5-7-12/h3-7H,8-11H2,1-2H3. The van der Waals surface area contributed by atoms with Crippen molar-refractivity contribution >= 4 is 10.2 Å².